The van der Waals surface area contributed by atoms with E-state index in [1.165, 1.54) is 58.2 Å². The van der Waals surface area contributed by atoms with Crippen molar-refractivity contribution >= 4 is 0 Å². The van der Waals surface area contributed by atoms with Gasteiger partial charge in [-0.15, -0.1) is 0 Å². The molecule has 1 aliphatic heterocycles. The smallest absolute Gasteiger partial charge is 0.0580 e. The maximum absolute atomic E-state index is 8.95. The molecule has 1 aliphatic rings. The predicted molar refractivity (Wildman–Crippen MR) is 168 cm³/mol. The van der Waals surface area contributed by atoms with E-state index >= 15 is 0 Å². The van der Waals surface area contributed by atoms with Gasteiger partial charge in [-0.05, 0) is 125 Å². The molecule has 1 rings (SSSR count). The van der Waals surface area contributed by atoms with Gasteiger partial charge in [0, 0.05) is 7.11 Å². The minimum Gasteiger partial charge on any atom is -0.393 e. The molecule has 3 atom stereocenters. The minimum atomic E-state index is -0.109. The molecule has 5 N–H and O–H groups in total. The molecule has 0 aromatic rings. The second-order valence-electron chi connectivity index (χ2n) is 9.99. The van der Waals surface area contributed by atoms with Crippen molar-refractivity contribution in [2.24, 2.45) is 5.92 Å². The molecule has 1 saturated heterocycles. The third-order valence-corrected chi connectivity index (χ3v) is 6.40. The fourth-order valence-electron chi connectivity index (χ4n) is 2.93. The Kier molecular flexibility index (Phi) is 47.6. The molecule has 7 nitrogen and oxygen atoms in total. The SMILES string of the molecule is CCC(C)CCNC.CCC(CCNC)OC.CCC(O)CCNC.CCCCCNC.CN1CCC1. The molecule has 0 aromatic heterocycles. The molecule has 1 heterocycles. The Bertz CT molecular complexity index is 339. The molecule has 0 radical (unpaired) electrons. The van der Waals surface area contributed by atoms with Gasteiger partial charge in [-0.25, -0.2) is 0 Å². The standard InChI is InChI=1S/C7H17NO.C7H17N.C6H15NO.C6H15N.C4H9N/c1-4-7(9-3)5-6-8-2;1-4-7(2)5-6-8-3;1-3-6(8)4-5-7-2;1-3-4-5-6-7-2;1-5-3-2-4-5/h7-8H,4-6H2,1-3H3;7-8H,4-6H2,1-3H3;6-8H,3-5H2,1-2H3;7H,3-6H2,1-2H3;2-4H2,1H3. The van der Waals surface area contributed by atoms with Crippen molar-refractivity contribution in [1.29, 1.82) is 0 Å². The zero-order valence-corrected chi connectivity index (χ0v) is 27.3. The monoisotopic (exact) mass is 536 g/mol. The van der Waals surface area contributed by atoms with Crippen LogP contribution in [0.4, 0.5) is 0 Å². The lowest BCUT2D eigenvalue weighted by Crippen LogP contribution is -2.32. The Hall–Kier alpha value is -0.280. The molecule has 1 fully saturated rings. The van der Waals surface area contributed by atoms with Crippen molar-refractivity contribution in [2.45, 2.75) is 111 Å². The summed E-state index contributed by atoms with van der Waals surface area (Å²) in [5, 5.41) is 21.2. The number of aliphatic hydroxyl groups is 1. The van der Waals surface area contributed by atoms with Gasteiger partial charge in [0.25, 0.3) is 0 Å². The molecule has 3 unspecified atom stereocenters. The number of unbranched alkanes of at least 4 members (excludes halogenated alkanes) is 2. The Balaban J connectivity index is -0.000000186. The quantitative estimate of drug-likeness (QED) is 0.172. The summed E-state index contributed by atoms with van der Waals surface area (Å²) < 4.78 is 5.16. The number of ether oxygens (including phenoxy) is 1. The Labute approximate surface area is 234 Å². The van der Waals surface area contributed by atoms with Crippen LogP contribution in [0, 0.1) is 5.92 Å². The topological polar surface area (TPSA) is 80.8 Å². The largest absolute Gasteiger partial charge is 0.393 e. The van der Waals surface area contributed by atoms with Crippen LogP contribution in [0.2, 0.25) is 0 Å². The third kappa shape index (κ3) is 46.0. The van der Waals surface area contributed by atoms with Crippen LogP contribution < -0.4 is 21.3 Å². The van der Waals surface area contributed by atoms with E-state index < -0.39 is 0 Å². The van der Waals surface area contributed by atoms with Crippen molar-refractivity contribution in [3.63, 3.8) is 0 Å². The van der Waals surface area contributed by atoms with Crippen molar-refractivity contribution in [1.82, 2.24) is 26.2 Å². The molecule has 0 bridgehead atoms. The summed E-state index contributed by atoms with van der Waals surface area (Å²) in [6.07, 6.45) is 12.3. The van der Waals surface area contributed by atoms with Crippen LogP contribution in [0.5, 0.6) is 0 Å². The van der Waals surface area contributed by atoms with Gasteiger partial charge in [-0.1, -0.05) is 53.9 Å². The zero-order valence-electron chi connectivity index (χ0n) is 27.3. The van der Waals surface area contributed by atoms with Crippen LogP contribution >= 0.6 is 0 Å². The average molecular weight is 536 g/mol. The number of nitrogens with one attached hydrogen (secondary N) is 4. The van der Waals surface area contributed by atoms with E-state index in [1.807, 2.05) is 35.1 Å². The van der Waals surface area contributed by atoms with E-state index in [1.54, 1.807) is 7.11 Å². The van der Waals surface area contributed by atoms with E-state index in [9.17, 15) is 0 Å². The normalized spacial score (nSPS) is 14.6. The van der Waals surface area contributed by atoms with E-state index in [0.29, 0.717) is 6.10 Å². The lowest BCUT2D eigenvalue weighted by Gasteiger charge is -2.24. The summed E-state index contributed by atoms with van der Waals surface area (Å²) in [6.45, 7) is 17.8. The Morgan fingerprint density at radius 3 is 1.54 bits per heavy atom. The number of likely N-dealkylation sites (tertiary alicyclic amines) is 1. The van der Waals surface area contributed by atoms with E-state index in [0.717, 1.165) is 51.2 Å². The summed E-state index contributed by atoms with van der Waals surface area (Å²) >= 11 is 0. The zero-order chi connectivity index (χ0) is 29.2. The van der Waals surface area contributed by atoms with Crippen LogP contribution in [0.3, 0.4) is 0 Å². The Morgan fingerprint density at radius 2 is 1.22 bits per heavy atom. The van der Waals surface area contributed by atoms with E-state index in [2.05, 4.69) is 60.9 Å². The Morgan fingerprint density at radius 1 is 0.730 bits per heavy atom. The van der Waals surface area contributed by atoms with Gasteiger partial charge in [0.2, 0.25) is 0 Å². The van der Waals surface area contributed by atoms with Crippen LogP contribution in [0.15, 0.2) is 0 Å². The molecule has 7 heteroatoms. The van der Waals surface area contributed by atoms with Gasteiger partial charge in [0.1, 0.15) is 0 Å². The second-order valence-corrected chi connectivity index (χ2v) is 9.99. The summed E-state index contributed by atoms with van der Waals surface area (Å²) in [6, 6.07) is 0. The lowest BCUT2D eigenvalue weighted by atomic mass is 10.1. The summed E-state index contributed by atoms with van der Waals surface area (Å²) in [5.74, 6) is 0.891. The van der Waals surface area contributed by atoms with E-state index in [4.69, 9.17) is 9.84 Å². The fraction of sp³-hybridized carbons (Fsp3) is 1.00. The predicted octanol–water partition coefficient (Wildman–Crippen LogP) is 4.75. The first-order chi connectivity index (χ1) is 17.8. The molecule has 0 spiro atoms. The van der Waals surface area contributed by atoms with Gasteiger partial charge in [-0.2, -0.15) is 0 Å². The maximum atomic E-state index is 8.95. The number of hydrogen-bond donors (Lipinski definition) is 5. The molecule has 0 saturated carbocycles. The minimum absolute atomic E-state index is 0.109. The van der Waals surface area contributed by atoms with Gasteiger partial charge in [0.15, 0.2) is 0 Å². The van der Waals surface area contributed by atoms with Crippen LogP contribution in [0.1, 0.15) is 98.8 Å². The summed E-state index contributed by atoms with van der Waals surface area (Å²) in [4.78, 5) is 2.31. The van der Waals surface area contributed by atoms with Gasteiger partial charge >= 0.3 is 0 Å². The second kappa shape index (κ2) is 40.2. The van der Waals surface area contributed by atoms with Crippen LogP contribution in [-0.2, 0) is 4.74 Å². The first kappa shape index (κ1) is 43.8. The highest BCUT2D eigenvalue weighted by Crippen LogP contribution is 2.03. The van der Waals surface area contributed by atoms with Gasteiger partial charge in [0.05, 0.1) is 12.2 Å². The molecule has 0 aliphatic carbocycles. The first-order valence-electron chi connectivity index (χ1n) is 15.3. The van der Waals surface area contributed by atoms with Crippen LogP contribution in [-0.4, -0.2) is 104 Å². The third-order valence-electron chi connectivity index (χ3n) is 6.40. The van der Waals surface area contributed by atoms with Gasteiger partial charge < -0.3 is 36.0 Å². The molecule has 0 aromatic carbocycles. The van der Waals surface area contributed by atoms with E-state index in [-0.39, 0.29) is 6.10 Å². The van der Waals surface area contributed by atoms with Crippen molar-refractivity contribution in [3.8, 4) is 0 Å². The van der Waals surface area contributed by atoms with Crippen molar-refractivity contribution < 1.29 is 9.84 Å². The number of aliphatic hydroxyl groups excluding tert-OH is 1. The summed E-state index contributed by atoms with van der Waals surface area (Å²) in [5.41, 5.74) is 0. The lowest BCUT2D eigenvalue weighted by molar-refractivity contribution is 0.0927. The number of nitrogens with zero attached hydrogens (tertiary/aromatic N) is 1. The molecule has 0 amide bonds. The number of hydrogen-bond acceptors (Lipinski definition) is 7. The highest BCUT2D eigenvalue weighted by molar-refractivity contribution is 4.61. The van der Waals surface area contributed by atoms with Gasteiger partial charge in [-0.3, -0.25) is 0 Å². The molecular formula is C30H73N5O2. The average Bonchev–Trinajstić information content (AvgIpc) is 2.91. The number of methoxy groups -OCH3 is 1. The highest BCUT2D eigenvalue weighted by atomic mass is 16.5. The molecule has 230 valence electrons. The highest BCUT2D eigenvalue weighted by Gasteiger charge is 2.04. The van der Waals surface area contributed by atoms with Crippen LogP contribution in [0.25, 0.3) is 0 Å². The van der Waals surface area contributed by atoms with Crippen molar-refractivity contribution in [3.05, 3.63) is 0 Å². The molecule has 37 heavy (non-hydrogen) atoms. The summed E-state index contributed by atoms with van der Waals surface area (Å²) in [7, 11) is 11.8. The maximum Gasteiger partial charge on any atom is 0.0580 e. The molecular weight excluding hydrogens is 462 g/mol. The van der Waals surface area contributed by atoms with Crippen molar-refractivity contribution in [2.75, 3.05) is 81.6 Å². The fourth-order valence-corrected chi connectivity index (χ4v) is 2.93. The number of rotatable bonds is 17. The first-order valence-corrected chi connectivity index (χ1v) is 15.3.